The zero-order valence-corrected chi connectivity index (χ0v) is 9.28. The Bertz CT molecular complexity index is 173. The van der Waals surface area contributed by atoms with E-state index in [0.717, 1.165) is 11.8 Å². The van der Waals surface area contributed by atoms with Crippen molar-refractivity contribution in [3.63, 3.8) is 0 Å². The molecule has 2 fully saturated rings. The molecule has 1 heterocycles. The maximum absolute atomic E-state index is 9.11. The van der Waals surface area contributed by atoms with E-state index in [1.807, 2.05) is 0 Å². The summed E-state index contributed by atoms with van der Waals surface area (Å²) in [6.07, 6.45) is 5.34. The Morgan fingerprint density at radius 2 is 1.71 bits per heavy atom. The van der Waals surface area contributed by atoms with Crippen LogP contribution in [0.15, 0.2) is 0 Å². The van der Waals surface area contributed by atoms with Gasteiger partial charge in [0.05, 0.1) is 0 Å². The molecule has 2 atom stereocenters. The normalized spacial score (nSPS) is 35.6. The number of piperidine rings is 1. The first-order chi connectivity index (χ1) is 6.79. The highest BCUT2D eigenvalue weighted by molar-refractivity contribution is 4.83. The van der Waals surface area contributed by atoms with E-state index in [1.165, 1.54) is 45.3 Å². The Kier molecular flexibility index (Phi) is 3.45. The van der Waals surface area contributed by atoms with Crippen LogP contribution < -0.4 is 0 Å². The van der Waals surface area contributed by atoms with Crippen LogP contribution in [0.3, 0.4) is 0 Å². The van der Waals surface area contributed by atoms with Crippen LogP contribution in [0.1, 0.15) is 32.6 Å². The fraction of sp³-hybridized carbons (Fsp3) is 1.00. The molecule has 2 heteroatoms. The minimum absolute atomic E-state index is 0.412. The van der Waals surface area contributed by atoms with Crippen LogP contribution in [0.5, 0.6) is 0 Å². The van der Waals surface area contributed by atoms with Gasteiger partial charge in [0.15, 0.2) is 0 Å². The van der Waals surface area contributed by atoms with Crippen molar-refractivity contribution in [2.75, 3.05) is 26.2 Å². The molecule has 1 N–H and O–H groups in total. The standard InChI is InChI=1S/C12H23NO/c1-10-4-6-13(7-5-10)8-11-2-3-12(11)9-14/h10-12,14H,2-9H2,1H3/t11-,12+/m1/s1. The fourth-order valence-corrected chi connectivity index (χ4v) is 2.70. The maximum Gasteiger partial charge on any atom is 0.0462 e. The van der Waals surface area contributed by atoms with E-state index in [9.17, 15) is 0 Å². The lowest BCUT2D eigenvalue weighted by Crippen LogP contribution is -2.42. The number of aliphatic hydroxyl groups is 1. The highest BCUT2D eigenvalue weighted by Gasteiger charge is 2.31. The Labute approximate surface area is 87.3 Å². The number of likely N-dealkylation sites (tertiary alicyclic amines) is 1. The summed E-state index contributed by atoms with van der Waals surface area (Å²) in [5.74, 6) is 2.35. The van der Waals surface area contributed by atoms with E-state index in [2.05, 4.69) is 11.8 Å². The van der Waals surface area contributed by atoms with Gasteiger partial charge >= 0.3 is 0 Å². The summed E-state index contributed by atoms with van der Waals surface area (Å²) in [6.45, 7) is 6.59. The first-order valence-electron chi connectivity index (χ1n) is 6.13. The van der Waals surface area contributed by atoms with E-state index in [-0.39, 0.29) is 0 Å². The molecule has 0 amide bonds. The number of hydrogen-bond acceptors (Lipinski definition) is 2. The summed E-state index contributed by atoms with van der Waals surface area (Å²) in [5, 5.41) is 9.11. The van der Waals surface area contributed by atoms with Crippen molar-refractivity contribution in [2.45, 2.75) is 32.6 Å². The second-order valence-corrected chi connectivity index (χ2v) is 5.26. The van der Waals surface area contributed by atoms with Crippen LogP contribution in [0.2, 0.25) is 0 Å². The van der Waals surface area contributed by atoms with Crippen LogP contribution in [0, 0.1) is 17.8 Å². The second-order valence-electron chi connectivity index (χ2n) is 5.26. The second kappa shape index (κ2) is 4.63. The molecule has 14 heavy (non-hydrogen) atoms. The van der Waals surface area contributed by atoms with Crippen molar-refractivity contribution in [1.82, 2.24) is 4.90 Å². The highest BCUT2D eigenvalue weighted by Crippen LogP contribution is 2.34. The molecule has 0 spiro atoms. The van der Waals surface area contributed by atoms with Crippen molar-refractivity contribution in [3.05, 3.63) is 0 Å². The van der Waals surface area contributed by atoms with Gasteiger partial charge in [-0.05, 0) is 56.5 Å². The molecular weight excluding hydrogens is 174 g/mol. The van der Waals surface area contributed by atoms with E-state index in [1.54, 1.807) is 0 Å². The van der Waals surface area contributed by atoms with Crippen LogP contribution in [0.25, 0.3) is 0 Å². The molecule has 0 unspecified atom stereocenters. The van der Waals surface area contributed by atoms with Crippen LogP contribution in [-0.2, 0) is 0 Å². The van der Waals surface area contributed by atoms with Crippen molar-refractivity contribution >= 4 is 0 Å². The Balaban J connectivity index is 1.70. The van der Waals surface area contributed by atoms with Crippen molar-refractivity contribution in [1.29, 1.82) is 0 Å². The molecule has 0 bridgehead atoms. The molecule has 2 nitrogen and oxygen atoms in total. The minimum atomic E-state index is 0.412. The summed E-state index contributed by atoms with van der Waals surface area (Å²) in [7, 11) is 0. The first-order valence-corrected chi connectivity index (χ1v) is 6.13. The van der Waals surface area contributed by atoms with Gasteiger partial charge in [0.1, 0.15) is 0 Å². The fourth-order valence-electron chi connectivity index (χ4n) is 2.70. The van der Waals surface area contributed by atoms with Crippen LogP contribution >= 0.6 is 0 Å². The Hall–Kier alpha value is -0.0800. The van der Waals surface area contributed by atoms with Crippen LogP contribution in [-0.4, -0.2) is 36.2 Å². The molecule has 1 aliphatic heterocycles. The lowest BCUT2D eigenvalue weighted by Gasteiger charge is -2.40. The highest BCUT2D eigenvalue weighted by atomic mass is 16.3. The quantitative estimate of drug-likeness (QED) is 0.745. The lowest BCUT2D eigenvalue weighted by atomic mass is 9.73. The van der Waals surface area contributed by atoms with Gasteiger partial charge in [-0.1, -0.05) is 6.92 Å². The predicted octanol–water partition coefficient (Wildman–Crippen LogP) is 1.74. The van der Waals surface area contributed by atoms with Crippen molar-refractivity contribution in [2.24, 2.45) is 17.8 Å². The summed E-state index contributed by atoms with van der Waals surface area (Å²) >= 11 is 0. The molecule has 1 saturated carbocycles. The molecule has 1 aliphatic carbocycles. The topological polar surface area (TPSA) is 23.5 Å². The number of rotatable bonds is 3. The Morgan fingerprint density at radius 1 is 1.07 bits per heavy atom. The van der Waals surface area contributed by atoms with Crippen molar-refractivity contribution in [3.8, 4) is 0 Å². The number of aliphatic hydroxyl groups excluding tert-OH is 1. The zero-order chi connectivity index (χ0) is 9.97. The smallest absolute Gasteiger partial charge is 0.0462 e. The molecule has 2 aliphatic rings. The van der Waals surface area contributed by atoms with E-state index in [4.69, 9.17) is 5.11 Å². The molecule has 82 valence electrons. The summed E-state index contributed by atoms with van der Waals surface area (Å²) in [5.41, 5.74) is 0. The average Bonchev–Trinajstić information content (AvgIpc) is 2.16. The van der Waals surface area contributed by atoms with E-state index >= 15 is 0 Å². The molecular formula is C12H23NO. The molecule has 1 saturated heterocycles. The molecule has 0 aromatic rings. The summed E-state index contributed by atoms with van der Waals surface area (Å²) in [4.78, 5) is 2.60. The van der Waals surface area contributed by atoms with E-state index in [0.29, 0.717) is 12.5 Å². The van der Waals surface area contributed by atoms with E-state index < -0.39 is 0 Å². The van der Waals surface area contributed by atoms with Crippen LogP contribution in [0.4, 0.5) is 0 Å². The third kappa shape index (κ3) is 2.29. The summed E-state index contributed by atoms with van der Waals surface area (Å²) < 4.78 is 0. The average molecular weight is 197 g/mol. The predicted molar refractivity (Wildman–Crippen MR) is 58.1 cm³/mol. The monoisotopic (exact) mass is 197 g/mol. The SMILES string of the molecule is CC1CCN(C[C@H]2CC[C@H]2CO)CC1. The molecule has 0 radical (unpaired) electrons. The zero-order valence-electron chi connectivity index (χ0n) is 9.28. The van der Waals surface area contributed by atoms with Gasteiger partial charge in [-0.15, -0.1) is 0 Å². The molecule has 2 rings (SSSR count). The maximum atomic E-state index is 9.11. The van der Waals surface area contributed by atoms with Gasteiger partial charge in [-0.2, -0.15) is 0 Å². The number of hydrogen-bond donors (Lipinski definition) is 1. The van der Waals surface area contributed by atoms with Gasteiger partial charge in [0, 0.05) is 13.2 Å². The lowest BCUT2D eigenvalue weighted by molar-refractivity contribution is 0.0492. The third-order valence-corrected chi connectivity index (χ3v) is 4.18. The number of nitrogens with zero attached hydrogens (tertiary/aromatic N) is 1. The first kappa shape index (κ1) is 10.4. The third-order valence-electron chi connectivity index (χ3n) is 4.18. The summed E-state index contributed by atoms with van der Waals surface area (Å²) in [6, 6.07) is 0. The Morgan fingerprint density at radius 3 is 2.21 bits per heavy atom. The van der Waals surface area contributed by atoms with Gasteiger partial charge in [0.25, 0.3) is 0 Å². The molecule has 0 aromatic heterocycles. The minimum Gasteiger partial charge on any atom is -0.396 e. The van der Waals surface area contributed by atoms with Crippen molar-refractivity contribution < 1.29 is 5.11 Å². The van der Waals surface area contributed by atoms with Gasteiger partial charge < -0.3 is 10.0 Å². The van der Waals surface area contributed by atoms with Gasteiger partial charge in [-0.3, -0.25) is 0 Å². The van der Waals surface area contributed by atoms with Gasteiger partial charge in [0.2, 0.25) is 0 Å². The molecule has 0 aromatic carbocycles. The largest absolute Gasteiger partial charge is 0.396 e. The van der Waals surface area contributed by atoms with Gasteiger partial charge in [-0.25, -0.2) is 0 Å².